The second-order valence-corrected chi connectivity index (χ2v) is 10.2. The Hall–Kier alpha value is -6.02. The van der Waals surface area contributed by atoms with Gasteiger partial charge in [0, 0.05) is 35.1 Å². The molecule has 0 saturated carbocycles. The summed E-state index contributed by atoms with van der Waals surface area (Å²) in [6.07, 6.45) is 1.67. The van der Waals surface area contributed by atoms with E-state index in [2.05, 4.69) is 0 Å². The summed E-state index contributed by atoms with van der Waals surface area (Å²) in [5.74, 6) is -0.0978. The summed E-state index contributed by atoms with van der Waals surface area (Å²) in [6.45, 7) is 0.426. The Morgan fingerprint density at radius 3 is 1.98 bits per heavy atom. The zero-order valence-corrected chi connectivity index (χ0v) is 24.7. The highest BCUT2D eigenvalue weighted by atomic mass is 16.5. The topological polar surface area (TPSA) is 90.2 Å². The number of rotatable bonds is 10. The van der Waals surface area contributed by atoms with Crippen molar-refractivity contribution in [1.82, 2.24) is 4.57 Å². The lowest BCUT2D eigenvalue weighted by Crippen LogP contribution is -2.25. The number of carbonyl (C=O) groups excluding carboxylic acids is 1. The van der Waals surface area contributed by atoms with Gasteiger partial charge in [-0.1, -0.05) is 66.7 Å². The summed E-state index contributed by atoms with van der Waals surface area (Å²) in [5.41, 5.74) is 3.76. The number of aromatic nitrogens is 1. The van der Waals surface area contributed by atoms with E-state index in [0.29, 0.717) is 51.6 Å². The molecule has 8 heteroatoms. The Labute approximate surface area is 260 Å². The average molecular weight is 599 g/mol. The van der Waals surface area contributed by atoms with E-state index in [1.165, 1.54) is 20.3 Å². The number of fused-ring (bicyclic) bond motifs is 1. The maximum Gasteiger partial charge on any atom is 0.337 e. The quantitative estimate of drug-likeness (QED) is 0.172. The predicted molar refractivity (Wildman–Crippen MR) is 173 cm³/mol. The first-order valence-corrected chi connectivity index (χ1v) is 14.2. The largest absolute Gasteiger partial charge is 0.493 e. The lowest BCUT2D eigenvalue weighted by atomic mass is 10.1. The van der Waals surface area contributed by atoms with Gasteiger partial charge in [-0.15, -0.1) is 0 Å². The van der Waals surface area contributed by atoms with Crippen LogP contribution >= 0.6 is 0 Å². The number of aromatic carboxylic acids is 1. The molecular weight excluding hydrogens is 568 g/mol. The second-order valence-electron chi connectivity index (χ2n) is 10.2. The van der Waals surface area contributed by atoms with Crippen LogP contribution in [0.5, 0.6) is 17.2 Å². The summed E-state index contributed by atoms with van der Waals surface area (Å²) < 4.78 is 18.5. The lowest BCUT2D eigenvalue weighted by molar-refractivity contribution is 0.0696. The molecule has 0 bridgehead atoms. The Morgan fingerprint density at radius 2 is 1.31 bits per heavy atom. The Bertz CT molecular complexity index is 1970. The Kier molecular flexibility index (Phi) is 8.20. The molecule has 1 aromatic heterocycles. The van der Waals surface area contributed by atoms with Crippen molar-refractivity contribution < 1.29 is 28.9 Å². The van der Waals surface area contributed by atoms with E-state index in [1.807, 2.05) is 109 Å². The molecule has 0 atom stereocenters. The third kappa shape index (κ3) is 5.81. The monoisotopic (exact) mass is 598 g/mol. The molecule has 0 aliphatic rings. The van der Waals surface area contributed by atoms with Gasteiger partial charge in [0.1, 0.15) is 12.4 Å². The number of para-hydroxylation sites is 2. The minimum Gasteiger partial charge on any atom is -0.493 e. The third-order valence-corrected chi connectivity index (χ3v) is 7.49. The van der Waals surface area contributed by atoms with E-state index < -0.39 is 5.97 Å². The fourth-order valence-corrected chi connectivity index (χ4v) is 5.30. The Balaban J connectivity index is 1.43. The summed E-state index contributed by atoms with van der Waals surface area (Å²) in [5, 5.41) is 10.8. The maximum absolute atomic E-state index is 14.6. The highest BCUT2D eigenvalue weighted by molar-refractivity contribution is 6.17. The van der Waals surface area contributed by atoms with E-state index in [0.717, 1.165) is 5.56 Å². The fourth-order valence-electron chi connectivity index (χ4n) is 5.30. The first kappa shape index (κ1) is 29.1. The molecule has 6 rings (SSSR count). The van der Waals surface area contributed by atoms with E-state index in [4.69, 9.17) is 14.2 Å². The van der Waals surface area contributed by atoms with Gasteiger partial charge in [0.15, 0.2) is 11.5 Å². The highest BCUT2D eigenvalue weighted by Crippen LogP contribution is 2.37. The van der Waals surface area contributed by atoms with Crippen LogP contribution in [0, 0.1) is 0 Å². The fraction of sp³-hybridized carbons (Fsp3) is 0.0811. The molecule has 5 aromatic carbocycles. The average Bonchev–Trinajstić information content (AvgIpc) is 3.48. The summed E-state index contributed by atoms with van der Waals surface area (Å²) in [6, 6.07) is 37.1. The number of anilines is 2. The molecule has 224 valence electrons. The molecule has 45 heavy (non-hydrogen) atoms. The SMILES string of the molecule is COc1cc(C(=O)O)c(-n2cc(C(=O)N(c3ccccc3)c3ccc(OCc4ccccc4)cc3)c3ccccc32)cc1OC. The standard InChI is InChI=1S/C37H30N2O6/c1-43-34-21-30(37(41)42)33(22-35(34)44-2)38-23-31(29-15-9-10-16-32(29)38)36(40)39(26-13-7-4-8-14-26)27-17-19-28(20-18-27)45-24-25-11-5-3-6-12-25/h3-23H,24H2,1-2H3,(H,41,42). The second kappa shape index (κ2) is 12.7. The molecular formula is C37H30N2O6. The molecule has 8 nitrogen and oxygen atoms in total. The van der Waals surface area contributed by atoms with Crippen LogP contribution in [0.4, 0.5) is 11.4 Å². The van der Waals surface area contributed by atoms with Crippen molar-refractivity contribution in [1.29, 1.82) is 0 Å². The number of ether oxygens (including phenoxy) is 3. The molecule has 0 saturated heterocycles. The van der Waals surface area contributed by atoms with Crippen molar-refractivity contribution in [2.45, 2.75) is 6.61 Å². The highest BCUT2D eigenvalue weighted by Gasteiger charge is 2.26. The minimum absolute atomic E-state index is 0.00147. The molecule has 0 aliphatic heterocycles. The van der Waals surface area contributed by atoms with Gasteiger partial charge in [0.25, 0.3) is 5.91 Å². The van der Waals surface area contributed by atoms with Gasteiger partial charge in [0.2, 0.25) is 0 Å². The number of methoxy groups -OCH3 is 2. The maximum atomic E-state index is 14.6. The van der Waals surface area contributed by atoms with Crippen LogP contribution in [-0.4, -0.2) is 35.8 Å². The van der Waals surface area contributed by atoms with Crippen molar-refractivity contribution in [2.75, 3.05) is 19.1 Å². The molecule has 6 aromatic rings. The van der Waals surface area contributed by atoms with Gasteiger partial charge in [-0.3, -0.25) is 9.69 Å². The number of hydrogen-bond donors (Lipinski definition) is 1. The van der Waals surface area contributed by atoms with Crippen molar-refractivity contribution >= 4 is 34.2 Å². The van der Waals surface area contributed by atoms with E-state index in [9.17, 15) is 14.7 Å². The van der Waals surface area contributed by atoms with Crippen molar-refractivity contribution in [3.8, 4) is 22.9 Å². The van der Waals surface area contributed by atoms with Gasteiger partial charge in [0.05, 0.1) is 36.6 Å². The molecule has 0 unspecified atom stereocenters. The van der Waals surface area contributed by atoms with E-state index in [-0.39, 0.29) is 17.2 Å². The zero-order valence-electron chi connectivity index (χ0n) is 24.7. The van der Waals surface area contributed by atoms with Crippen molar-refractivity contribution in [3.05, 3.63) is 144 Å². The number of benzene rings is 5. The molecule has 1 N–H and O–H groups in total. The first-order chi connectivity index (χ1) is 22.0. The lowest BCUT2D eigenvalue weighted by Gasteiger charge is -2.23. The number of carboxylic acids is 1. The number of hydrogen-bond acceptors (Lipinski definition) is 5. The van der Waals surface area contributed by atoms with Gasteiger partial charge in [-0.25, -0.2) is 4.79 Å². The van der Waals surface area contributed by atoms with Gasteiger partial charge in [-0.05, 0) is 48.0 Å². The normalized spacial score (nSPS) is 10.8. The van der Waals surface area contributed by atoms with Crippen molar-refractivity contribution in [2.24, 2.45) is 0 Å². The van der Waals surface area contributed by atoms with Gasteiger partial charge in [-0.2, -0.15) is 0 Å². The van der Waals surface area contributed by atoms with Crippen LogP contribution in [0.15, 0.2) is 128 Å². The minimum atomic E-state index is -1.14. The van der Waals surface area contributed by atoms with Crippen LogP contribution in [-0.2, 0) is 6.61 Å². The van der Waals surface area contributed by atoms with Crippen LogP contribution in [0.25, 0.3) is 16.6 Å². The van der Waals surface area contributed by atoms with Gasteiger partial charge >= 0.3 is 5.97 Å². The molecule has 0 aliphatic carbocycles. The van der Waals surface area contributed by atoms with E-state index in [1.54, 1.807) is 21.7 Å². The molecule has 1 amide bonds. The van der Waals surface area contributed by atoms with Gasteiger partial charge < -0.3 is 23.9 Å². The van der Waals surface area contributed by atoms with Crippen LogP contribution in [0.2, 0.25) is 0 Å². The van der Waals surface area contributed by atoms with Crippen molar-refractivity contribution in [3.63, 3.8) is 0 Å². The van der Waals surface area contributed by atoms with Crippen LogP contribution in [0.3, 0.4) is 0 Å². The Morgan fingerprint density at radius 1 is 0.711 bits per heavy atom. The first-order valence-electron chi connectivity index (χ1n) is 14.2. The molecule has 0 spiro atoms. The van der Waals surface area contributed by atoms with Crippen LogP contribution in [0.1, 0.15) is 26.3 Å². The molecule has 0 radical (unpaired) electrons. The van der Waals surface area contributed by atoms with E-state index >= 15 is 0 Å². The zero-order chi connectivity index (χ0) is 31.3. The van der Waals surface area contributed by atoms with Crippen LogP contribution < -0.4 is 19.1 Å². The number of nitrogens with zero attached hydrogens (tertiary/aromatic N) is 2. The molecule has 1 heterocycles. The predicted octanol–water partition coefficient (Wildman–Crippen LogP) is 7.90. The summed E-state index contributed by atoms with van der Waals surface area (Å²) >= 11 is 0. The summed E-state index contributed by atoms with van der Waals surface area (Å²) in [7, 11) is 2.94. The third-order valence-electron chi connectivity index (χ3n) is 7.49. The molecule has 0 fully saturated rings. The smallest absolute Gasteiger partial charge is 0.337 e. The number of carboxylic acid groups (broad SMARTS) is 1. The number of amides is 1. The number of carbonyl (C=O) groups is 2. The summed E-state index contributed by atoms with van der Waals surface area (Å²) in [4.78, 5) is 28.6.